The van der Waals surface area contributed by atoms with Gasteiger partial charge >= 0.3 is 30.0 Å². The van der Waals surface area contributed by atoms with Gasteiger partial charge in [0.15, 0.2) is 0 Å². The predicted molar refractivity (Wildman–Crippen MR) is 65.7 cm³/mol. The summed E-state index contributed by atoms with van der Waals surface area (Å²) in [6.07, 6.45) is 0.352. The van der Waals surface area contributed by atoms with Crippen LogP contribution < -0.4 is 9.47 Å². The molecule has 86 valence electrons. The van der Waals surface area contributed by atoms with E-state index in [4.69, 9.17) is 9.47 Å². The number of halogens is 1. The van der Waals surface area contributed by atoms with E-state index in [9.17, 15) is 0 Å². The standard InChI is InChI=1S/C12H17O2.BrH.Zn/c1-9(2)13-11-6-5-7-12(8-11)14-10(3)4;;/h5-6,8-10H,1-4H3;1H;/q-1;;+2/p-1. The normalized spacial score (nSPS) is 9.81. The number of rotatable bonds is 4. The van der Waals surface area contributed by atoms with Crippen LogP contribution in [0.2, 0.25) is 0 Å². The van der Waals surface area contributed by atoms with E-state index < -0.39 is 0 Å². The molecule has 0 aromatic heterocycles. The minimum atomic E-state index is 0.167. The van der Waals surface area contributed by atoms with E-state index >= 15 is 0 Å². The molecule has 0 aliphatic carbocycles. The molecule has 0 fully saturated rings. The van der Waals surface area contributed by atoms with E-state index in [0.29, 0.717) is 0 Å². The predicted octanol–water partition coefficient (Wildman–Crippen LogP) is 3.90. The Balaban J connectivity index is 0.00000106. The molecule has 0 spiro atoms. The molecule has 1 aromatic rings. The summed E-state index contributed by atoms with van der Waals surface area (Å²) in [6.45, 7) is 7.98. The maximum absolute atomic E-state index is 5.54. The Morgan fingerprint density at radius 2 is 1.69 bits per heavy atom. The number of hydrogen-bond donors (Lipinski definition) is 0. The molecule has 0 atom stereocenters. The van der Waals surface area contributed by atoms with E-state index in [-0.39, 0.29) is 12.2 Å². The molecule has 0 amide bonds. The number of hydrogen-bond acceptors (Lipinski definition) is 2. The van der Waals surface area contributed by atoms with Gasteiger partial charge in [-0.2, -0.15) is 6.07 Å². The van der Waals surface area contributed by atoms with Gasteiger partial charge in [0.25, 0.3) is 0 Å². The van der Waals surface area contributed by atoms with Gasteiger partial charge in [-0.3, -0.25) is 0 Å². The van der Waals surface area contributed by atoms with Crippen LogP contribution in [0.25, 0.3) is 0 Å². The van der Waals surface area contributed by atoms with Crippen LogP contribution in [0.15, 0.2) is 18.2 Å². The molecule has 0 saturated heterocycles. The van der Waals surface area contributed by atoms with Gasteiger partial charge in [-0.1, -0.05) is 6.07 Å². The van der Waals surface area contributed by atoms with E-state index in [1.54, 1.807) is 0 Å². The van der Waals surface area contributed by atoms with Crippen LogP contribution >= 0.6 is 13.6 Å². The summed E-state index contributed by atoms with van der Waals surface area (Å²) >= 11 is 4.25. The SMILES string of the molecule is CC(C)Oc1[c-]ccc(OC(C)C)c1.[Zn+][Br]. The van der Waals surface area contributed by atoms with Crippen molar-refractivity contribution in [3.05, 3.63) is 24.3 Å². The summed E-state index contributed by atoms with van der Waals surface area (Å²) < 4.78 is 11.0. The quantitative estimate of drug-likeness (QED) is 0.612. The van der Waals surface area contributed by atoms with Gasteiger partial charge in [-0.25, -0.2) is 0 Å². The Hall–Kier alpha value is -0.0766. The van der Waals surface area contributed by atoms with Gasteiger partial charge in [0.2, 0.25) is 0 Å². The van der Waals surface area contributed by atoms with Crippen LogP contribution in [0.3, 0.4) is 0 Å². The van der Waals surface area contributed by atoms with Gasteiger partial charge in [-0.15, -0.1) is 12.1 Å². The molecular weight excluding hydrogens is 321 g/mol. The molecule has 0 bridgehead atoms. The van der Waals surface area contributed by atoms with Gasteiger partial charge < -0.3 is 9.47 Å². The first-order valence-corrected chi connectivity index (χ1v) is 12.1. The number of ether oxygens (including phenoxy) is 2. The van der Waals surface area contributed by atoms with E-state index in [1.165, 1.54) is 16.3 Å². The Morgan fingerprint density at radius 3 is 2.19 bits per heavy atom. The van der Waals surface area contributed by atoms with Crippen LogP contribution in [0.4, 0.5) is 0 Å². The summed E-state index contributed by atoms with van der Waals surface area (Å²) in [4.78, 5) is 0. The molecule has 0 saturated carbocycles. The van der Waals surface area contributed by atoms with Crippen molar-refractivity contribution in [2.24, 2.45) is 0 Å². The van der Waals surface area contributed by atoms with Gasteiger partial charge in [0.1, 0.15) is 0 Å². The zero-order valence-electron chi connectivity index (χ0n) is 10.3. The van der Waals surface area contributed by atoms with Crippen molar-refractivity contribution in [3.8, 4) is 11.5 Å². The Bertz CT molecular complexity index is 265. The fourth-order valence-corrected chi connectivity index (χ4v) is 1.09. The minimum absolute atomic E-state index is 0.167. The molecule has 4 heteroatoms. The summed E-state index contributed by atoms with van der Waals surface area (Å²) in [5, 5.41) is 0. The Labute approximate surface area is 115 Å². The van der Waals surface area contributed by atoms with Crippen LogP contribution in [0.5, 0.6) is 11.5 Å². The van der Waals surface area contributed by atoms with E-state index in [0.717, 1.165) is 11.5 Å². The zero-order chi connectivity index (χ0) is 12.6. The number of benzene rings is 1. The molecule has 0 heterocycles. The Morgan fingerprint density at radius 1 is 1.12 bits per heavy atom. The first-order chi connectivity index (χ1) is 7.58. The molecule has 1 rings (SSSR count). The molecule has 0 radical (unpaired) electrons. The van der Waals surface area contributed by atoms with Crippen molar-refractivity contribution in [1.82, 2.24) is 0 Å². The van der Waals surface area contributed by atoms with Crippen molar-refractivity contribution in [2.45, 2.75) is 39.9 Å². The van der Waals surface area contributed by atoms with Crippen molar-refractivity contribution in [1.29, 1.82) is 0 Å². The second-order valence-electron chi connectivity index (χ2n) is 3.72. The molecule has 0 unspecified atom stereocenters. The van der Waals surface area contributed by atoms with Gasteiger partial charge in [0.05, 0.1) is 12.2 Å². The molecule has 0 N–H and O–H groups in total. The van der Waals surface area contributed by atoms with Crippen LogP contribution in [-0.2, 0) is 16.3 Å². The van der Waals surface area contributed by atoms with Gasteiger partial charge in [-0.05, 0) is 27.7 Å². The van der Waals surface area contributed by atoms with Gasteiger partial charge in [0, 0.05) is 11.5 Å². The average Bonchev–Trinajstić information content (AvgIpc) is 2.19. The van der Waals surface area contributed by atoms with Crippen LogP contribution in [0.1, 0.15) is 27.7 Å². The van der Waals surface area contributed by atoms with E-state index in [1.807, 2.05) is 45.9 Å². The molecule has 2 nitrogen and oxygen atoms in total. The van der Waals surface area contributed by atoms with Crippen molar-refractivity contribution in [3.63, 3.8) is 0 Å². The fourth-order valence-electron chi connectivity index (χ4n) is 1.09. The molecule has 16 heavy (non-hydrogen) atoms. The maximum atomic E-state index is 5.54. The second kappa shape index (κ2) is 9.01. The van der Waals surface area contributed by atoms with Crippen LogP contribution in [0, 0.1) is 6.07 Å². The summed E-state index contributed by atoms with van der Waals surface area (Å²) in [7, 11) is 0. The summed E-state index contributed by atoms with van der Waals surface area (Å²) in [6, 6.07) is 8.57. The topological polar surface area (TPSA) is 18.5 Å². The second-order valence-corrected chi connectivity index (χ2v) is 3.72. The third-order valence-electron chi connectivity index (χ3n) is 1.48. The first kappa shape index (κ1) is 15.9. The molecule has 1 aromatic carbocycles. The molecule has 0 aliphatic heterocycles. The zero-order valence-corrected chi connectivity index (χ0v) is 14.8. The first-order valence-electron chi connectivity index (χ1n) is 5.19. The third-order valence-corrected chi connectivity index (χ3v) is 1.48. The van der Waals surface area contributed by atoms with Crippen LogP contribution in [-0.4, -0.2) is 12.2 Å². The fraction of sp³-hybridized carbons (Fsp3) is 0.500. The molecule has 0 aliphatic rings. The van der Waals surface area contributed by atoms with Crippen molar-refractivity contribution < 1.29 is 25.8 Å². The summed E-state index contributed by atoms with van der Waals surface area (Å²) in [5.41, 5.74) is 0. The average molecular weight is 339 g/mol. The van der Waals surface area contributed by atoms with Crippen molar-refractivity contribution >= 4 is 13.6 Å². The third kappa shape index (κ3) is 7.24. The monoisotopic (exact) mass is 336 g/mol. The summed E-state index contributed by atoms with van der Waals surface area (Å²) in [5.74, 6) is 1.56. The Kier molecular flexibility index (Phi) is 8.96. The molecular formula is C12H17BrO2Zn. The van der Waals surface area contributed by atoms with Crippen molar-refractivity contribution in [2.75, 3.05) is 0 Å². The van der Waals surface area contributed by atoms with E-state index in [2.05, 4.69) is 19.7 Å².